The topological polar surface area (TPSA) is 77.6 Å². The van der Waals surface area contributed by atoms with Gasteiger partial charge in [0.05, 0.1) is 22.0 Å². The van der Waals surface area contributed by atoms with Gasteiger partial charge in [0.15, 0.2) is 11.0 Å². The molecule has 0 saturated heterocycles. The summed E-state index contributed by atoms with van der Waals surface area (Å²) < 4.78 is 3.63. The largest absolute Gasteiger partial charge is 0.324 e. The minimum absolute atomic E-state index is 0.163. The molecule has 0 fully saturated rings. The second-order valence-corrected chi connectivity index (χ2v) is 7.96. The number of hydrogen-bond acceptors (Lipinski definition) is 5. The molecular formula is C21H19ClN6OS. The predicted molar refractivity (Wildman–Crippen MR) is 119 cm³/mol. The highest BCUT2D eigenvalue weighted by atomic mass is 35.5. The smallest absolute Gasteiger partial charge is 0.234 e. The van der Waals surface area contributed by atoms with E-state index in [0.29, 0.717) is 21.7 Å². The van der Waals surface area contributed by atoms with E-state index in [0.717, 1.165) is 16.8 Å². The third-order valence-corrected chi connectivity index (χ3v) is 5.78. The Balaban J connectivity index is 1.51. The zero-order valence-electron chi connectivity index (χ0n) is 16.4. The van der Waals surface area contributed by atoms with E-state index in [-0.39, 0.29) is 11.7 Å². The first-order valence-electron chi connectivity index (χ1n) is 9.19. The molecule has 0 spiro atoms. The van der Waals surface area contributed by atoms with Gasteiger partial charge in [0, 0.05) is 25.9 Å². The van der Waals surface area contributed by atoms with Crippen molar-refractivity contribution in [3.8, 4) is 22.6 Å². The molecule has 0 unspecified atom stereocenters. The van der Waals surface area contributed by atoms with Gasteiger partial charge in [-0.1, -0.05) is 65.8 Å². The van der Waals surface area contributed by atoms with Crippen molar-refractivity contribution in [3.05, 3.63) is 65.8 Å². The van der Waals surface area contributed by atoms with Gasteiger partial charge in [0.1, 0.15) is 5.69 Å². The Labute approximate surface area is 183 Å². The number of carbonyl (C=O) groups excluding carboxylic acids is 1. The van der Waals surface area contributed by atoms with Gasteiger partial charge < -0.3 is 9.88 Å². The van der Waals surface area contributed by atoms with Crippen LogP contribution in [-0.4, -0.2) is 36.2 Å². The van der Waals surface area contributed by atoms with Crippen LogP contribution in [0.15, 0.2) is 66.0 Å². The molecule has 30 heavy (non-hydrogen) atoms. The Kier molecular flexibility index (Phi) is 5.87. The lowest BCUT2D eigenvalue weighted by Crippen LogP contribution is -2.14. The Hall–Kier alpha value is -3.10. The highest BCUT2D eigenvalue weighted by Gasteiger charge is 2.19. The summed E-state index contributed by atoms with van der Waals surface area (Å²) in [5.41, 5.74) is 3.31. The number of halogens is 1. The van der Waals surface area contributed by atoms with Gasteiger partial charge in [0.25, 0.3) is 0 Å². The van der Waals surface area contributed by atoms with Crippen LogP contribution in [0.3, 0.4) is 0 Å². The third-order valence-electron chi connectivity index (χ3n) is 4.43. The van der Waals surface area contributed by atoms with Crippen molar-refractivity contribution in [2.75, 3.05) is 11.1 Å². The molecule has 4 rings (SSSR count). The second-order valence-electron chi connectivity index (χ2n) is 6.61. The number of hydrogen-bond donors (Lipinski definition) is 1. The number of nitrogens with one attached hydrogen (secondary N) is 1. The molecule has 152 valence electrons. The van der Waals surface area contributed by atoms with Crippen LogP contribution in [0.25, 0.3) is 22.6 Å². The highest BCUT2D eigenvalue weighted by molar-refractivity contribution is 7.99. The van der Waals surface area contributed by atoms with Gasteiger partial charge in [0.2, 0.25) is 5.91 Å². The van der Waals surface area contributed by atoms with Gasteiger partial charge >= 0.3 is 0 Å². The van der Waals surface area contributed by atoms with Crippen molar-refractivity contribution in [2.45, 2.75) is 5.16 Å². The van der Waals surface area contributed by atoms with E-state index in [1.165, 1.54) is 11.8 Å². The molecule has 0 aliphatic carbocycles. The molecule has 0 aliphatic rings. The van der Waals surface area contributed by atoms with Gasteiger partial charge in [-0.25, -0.2) is 0 Å². The lowest BCUT2D eigenvalue weighted by Gasteiger charge is -2.07. The number of aryl methyl sites for hydroxylation is 1. The van der Waals surface area contributed by atoms with E-state index in [1.807, 2.05) is 67.3 Å². The maximum absolute atomic E-state index is 12.3. The second kappa shape index (κ2) is 8.73. The van der Waals surface area contributed by atoms with Crippen molar-refractivity contribution >= 4 is 35.0 Å². The van der Waals surface area contributed by atoms with Crippen LogP contribution in [0.4, 0.5) is 5.69 Å². The van der Waals surface area contributed by atoms with Crippen LogP contribution >= 0.6 is 23.4 Å². The summed E-state index contributed by atoms with van der Waals surface area (Å²) in [6, 6.07) is 17.1. The number of para-hydroxylation sites is 1. The third kappa shape index (κ3) is 4.24. The zero-order valence-corrected chi connectivity index (χ0v) is 18.0. The summed E-state index contributed by atoms with van der Waals surface area (Å²) >= 11 is 7.40. The van der Waals surface area contributed by atoms with E-state index < -0.39 is 0 Å². The van der Waals surface area contributed by atoms with Gasteiger partial charge in [-0.05, 0) is 12.1 Å². The van der Waals surface area contributed by atoms with Crippen LogP contribution in [0, 0.1) is 0 Å². The monoisotopic (exact) mass is 438 g/mol. The number of carbonyl (C=O) groups is 1. The number of benzene rings is 2. The van der Waals surface area contributed by atoms with Crippen molar-refractivity contribution < 1.29 is 4.79 Å². The molecule has 0 radical (unpaired) electrons. The molecule has 2 aromatic heterocycles. The lowest BCUT2D eigenvalue weighted by atomic mass is 10.1. The van der Waals surface area contributed by atoms with Crippen LogP contribution in [0.1, 0.15) is 0 Å². The van der Waals surface area contributed by atoms with E-state index >= 15 is 0 Å². The van der Waals surface area contributed by atoms with Crippen LogP contribution in [0.2, 0.25) is 5.02 Å². The van der Waals surface area contributed by atoms with E-state index in [9.17, 15) is 4.79 Å². The molecule has 1 amide bonds. The summed E-state index contributed by atoms with van der Waals surface area (Å²) in [7, 11) is 3.76. The fourth-order valence-electron chi connectivity index (χ4n) is 3.02. The average molecular weight is 439 g/mol. The molecule has 1 N–H and O–H groups in total. The minimum atomic E-state index is -0.163. The Morgan fingerprint density at radius 1 is 1.07 bits per heavy atom. The first-order chi connectivity index (χ1) is 14.5. The maximum Gasteiger partial charge on any atom is 0.234 e. The first-order valence-corrected chi connectivity index (χ1v) is 10.6. The van der Waals surface area contributed by atoms with Crippen molar-refractivity contribution in [2.24, 2.45) is 14.1 Å². The summed E-state index contributed by atoms with van der Waals surface area (Å²) in [6.07, 6.45) is 1.92. The van der Waals surface area contributed by atoms with Crippen molar-refractivity contribution in [1.29, 1.82) is 0 Å². The number of amides is 1. The van der Waals surface area contributed by atoms with Crippen molar-refractivity contribution in [1.82, 2.24) is 24.5 Å². The Bertz CT molecular complexity index is 1190. The first kappa shape index (κ1) is 20.2. The van der Waals surface area contributed by atoms with Crippen LogP contribution in [-0.2, 0) is 18.9 Å². The summed E-state index contributed by atoms with van der Waals surface area (Å²) in [5, 5.41) is 17.2. The number of rotatable bonds is 6. The lowest BCUT2D eigenvalue weighted by molar-refractivity contribution is -0.113. The summed E-state index contributed by atoms with van der Waals surface area (Å²) in [5.74, 6) is 0.718. The molecule has 0 saturated carbocycles. The zero-order chi connectivity index (χ0) is 21.1. The van der Waals surface area contributed by atoms with Crippen LogP contribution in [0.5, 0.6) is 0 Å². The molecule has 2 aromatic carbocycles. The number of thioether (sulfide) groups is 1. The molecule has 4 aromatic rings. The number of aromatic nitrogens is 5. The number of nitrogens with zero attached hydrogens (tertiary/aromatic N) is 5. The van der Waals surface area contributed by atoms with Gasteiger partial charge in [-0.2, -0.15) is 5.10 Å². The SMILES string of the molecule is Cn1cc(-c2nnc(SCC(=O)Nc3ccccc3Cl)n2C)c(-c2ccccc2)n1. The maximum atomic E-state index is 12.3. The fourth-order valence-corrected chi connectivity index (χ4v) is 3.91. The van der Waals surface area contributed by atoms with E-state index in [1.54, 1.807) is 16.8 Å². The molecule has 0 atom stereocenters. The molecule has 0 bridgehead atoms. The van der Waals surface area contributed by atoms with Gasteiger partial charge in [-0.3, -0.25) is 9.48 Å². The molecule has 2 heterocycles. The summed E-state index contributed by atoms with van der Waals surface area (Å²) in [6.45, 7) is 0. The predicted octanol–water partition coefficient (Wildman–Crippen LogP) is 4.27. The molecule has 9 heteroatoms. The highest BCUT2D eigenvalue weighted by Crippen LogP contribution is 2.31. The average Bonchev–Trinajstić information content (AvgIpc) is 3.31. The molecular weight excluding hydrogens is 420 g/mol. The standard InChI is InChI=1S/C21H19ClN6OS/c1-27-12-15(19(26-27)14-8-4-3-5-9-14)20-24-25-21(28(20)2)30-13-18(29)23-17-11-7-6-10-16(17)22/h3-12H,13H2,1-2H3,(H,23,29). The van der Waals surface area contributed by atoms with Crippen LogP contribution < -0.4 is 5.32 Å². The molecule has 7 nitrogen and oxygen atoms in total. The van der Waals surface area contributed by atoms with E-state index in [4.69, 9.17) is 11.6 Å². The Morgan fingerprint density at radius 3 is 2.57 bits per heavy atom. The van der Waals surface area contributed by atoms with Crippen molar-refractivity contribution in [3.63, 3.8) is 0 Å². The van der Waals surface area contributed by atoms with Gasteiger partial charge in [-0.15, -0.1) is 10.2 Å². The normalized spacial score (nSPS) is 10.9. The minimum Gasteiger partial charge on any atom is -0.324 e. The quantitative estimate of drug-likeness (QED) is 0.455. The fraction of sp³-hybridized carbons (Fsp3) is 0.143. The van der Waals surface area contributed by atoms with E-state index in [2.05, 4.69) is 20.6 Å². The summed E-state index contributed by atoms with van der Waals surface area (Å²) in [4.78, 5) is 12.3. The Morgan fingerprint density at radius 2 is 1.80 bits per heavy atom. The number of anilines is 1. The molecule has 0 aliphatic heterocycles.